The molecule has 1 saturated heterocycles. The second kappa shape index (κ2) is 7.33. The van der Waals surface area contributed by atoms with Gasteiger partial charge in [0.2, 0.25) is 11.8 Å². The van der Waals surface area contributed by atoms with Crippen molar-refractivity contribution in [2.75, 3.05) is 29.1 Å². The Morgan fingerprint density at radius 1 is 1.19 bits per heavy atom. The number of aromatic nitrogens is 4. The van der Waals surface area contributed by atoms with E-state index in [2.05, 4.69) is 20.1 Å². The molecule has 158 valence electrons. The maximum atomic E-state index is 13.6. The van der Waals surface area contributed by atoms with Gasteiger partial charge in [-0.1, -0.05) is 17.8 Å². The van der Waals surface area contributed by atoms with Gasteiger partial charge in [-0.2, -0.15) is 0 Å². The first-order valence-corrected chi connectivity index (χ1v) is 11.9. The lowest BCUT2D eigenvalue weighted by Crippen LogP contribution is -2.39. The van der Waals surface area contributed by atoms with Crippen LogP contribution in [0.5, 0.6) is 0 Å². The molecule has 1 aromatic carbocycles. The van der Waals surface area contributed by atoms with Gasteiger partial charge in [0.15, 0.2) is 5.16 Å². The molecule has 0 radical (unpaired) electrons. The zero-order valence-electron chi connectivity index (χ0n) is 17.2. The zero-order chi connectivity index (χ0) is 20.9. The topological polar surface area (TPSA) is 88.2 Å². The third kappa shape index (κ3) is 3.27. The molecule has 2 fully saturated rings. The van der Waals surface area contributed by atoms with Gasteiger partial charge in [-0.3, -0.25) is 4.79 Å². The van der Waals surface area contributed by atoms with Crippen LogP contribution in [0.1, 0.15) is 47.8 Å². The SMILES string of the molecule is CSc1ncc2c(n1)N1CCCC1CN(c1cccc(-c3nnc(C4CC4)o3)c1)C2=O. The molecule has 9 heteroatoms. The highest BCUT2D eigenvalue weighted by Crippen LogP contribution is 2.40. The van der Waals surface area contributed by atoms with E-state index >= 15 is 0 Å². The van der Waals surface area contributed by atoms with Crippen molar-refractivity contribution in [3.63, 3.8) is 0 Å². The average molecular weight is 435 g/mol. The summed E-state index contributed by atoms with van der Waals surface area (Å²) in [5, 5.41) is 9.11. The molecule has 1 amide bonds. The first kappa shape index (κ1) is 18.8. The van der Waals surface area contributed by atoms with Crippen LogP contribution in [0.3, 0.4) is 0 Å². The largest absolute Gasteiger partial charge is 0.420 e. The van der Waals surface area contributed by atoms with Crippen LogP contribution < -0.4 is 9.80 Å². The Morgan fingerprint density at radius 3 is 2.94 bits per heavy atom. The van der Waals surface area contributed by atoms with E-state index in [1.54, 1.807) is 6.20 Å². The van der Waals surface area contributed by atoms with Crippen molar-refractivity contribution in [2.24, 2.45) is 0 Å². The summed E-state index contributed by atoms with van der Waals surface area (Å²) in [4.78, 5) is 26.8. The zero-order valence-corrected chi connectivity index (χ0v) is 18.0. The van der Waals surface area contributed by atoms with Crippen molar-refractivity contribution in [2.45, 2.75) is 42.8 Å². The van der Waals surface area contributed by atoms with Gasteiger partial charge in [0.1, 0.15) is 11.4 Å². The van der Waals surface area contributed by atoms with E-state index in [0.717, 1.165) is 49.3 Å². The predicted octanol–water partition coefficient (Wildman–Crippen LogP) is 3.76. The van der Waals surface area contributed by atoms with Gasteiger partial charge in [-0.25, -0.2) is 9.97 Å². The molecule has 3 aliphatic rings. The van der Waals surface area contributed by atoms with Crippen LogP contribution >= 0.6 is 11.8 Å². The predicted molar refractivity (Wildman–Crippen MR) is 118 cm³/mol. The van der Waals surface area contributed by atoms with Gasteiger partial charge in [-0.15, -0.1) is 10.2 Å². The third-order valence-corrected chi connectivity index (χ3v) is 6.78. The van der Waals surface area contributed by atoms with Crippen molar-refractivity contribution < 1.29 is 9.21 Å². The number of anilines is 2. The monoisotopic (exact) mass is 434 g/mol. The number of thioether (sulfide) groups is 1. The molecule has 3 aromatic rings. The molecule has 8 nitrogen and oxygen atoms in total. The summed E-state index contributed by atoms with van der Waals surface area (Å²) in [5.41, 5.74) is 2.20. The lowest BCUT2D eigenvalue weighted by molar-refractivity contribution is 0.0988. The maximum Gasteiger partial charge on any atom is 0.263 e. The Kier molecular flexibility index (Phi) is 4.45. The molecule has 1 aliphatic carbocycles. The second-order valence-corrected chi connectivity index (χ2v) is 9.04. The summed E-state index contributed by atoms with van der Waals surface area (Å²) in [7, 11) is 0. The fraction of sp³-hybridized carbons (Fsp3) is 0.409. The Bertz CT molecular complexity index is 1160. The van der Waals surface area contributed by atoms with E-state index < -0.39 is 0 Å². The lowest BCUT2D eigenvalue weighted by atomic mass is 10.1. The number of fused-ring (bicyclic) bond motifs is 3. The van der Waals surface area contributed by atoms with Gasteiger partial charge in [-0.05, 0) is 50.1 Å². The number of nitrogens with zero attached hydrogens (tertiary/aromatic N) is 6. The van der Waals surface area contributed by atoms with Gasteiger partial charge < -0.3 is 14.2 Å². The highest BCUT2D eigenvalue weighted by Gasteiger charge is 2.37. The molecule has 2 aromatic heterocycles. The van der Waals surface area contributed by atoms with Crippen LogP contribution in [0.4, 0.5) is 11.5 Å². The molecule has 0 bridgehead atoms. The van der Waals surface area contributed by atoms with E-state index in [-0.39, 0.29) is 11.9 Å². The second-order valence-electron chi connectivity index (χ2n) is 8.27. The Labute approximate surface area is 184 Å². The molecule has 0 N–H and O–H groups in total. The van der Waals surface area contributed by atoms with Crippen molar-refractivity contribution >= 4 is 29.2 Å². The van der Waals surface area contributed by atoms with Crippen molar-refractivity contribution in [1.82, 2.24) is 20.2 Å². The van der Waals surface area contributed by atoms with Crippen LogP contribution in [0.15, 0.2) is 40.0 Å². The van der Waals surface area contributed by atoms with Crippen LogP contribution in [0.2, 0.25) is 0 Å². The summed E-state index contributed by atoms with van der Waals surface area (Å²) in [5.74, 6) is 2.31. The molecule has 4 heterocycles. The molecule has 6 rings (SSSR count). The first-order valence-electron chi connectivity index (χ1n) is 10.6. The number of hydrogen-bond donors (Lipinski definition) is 0. The van der Waals surface area contributed by atoms with Crippen molar-refractivity contribution in [1.29, 1.82) is 0 Å². The smallest absolute Gasteiger partial charge is 0.263 e. The lowest BCUT2D eigenvalue weighted by Gasteiger charge is -2.27. The Morgan fingerprint density at radius 2 is 2.10 bits per heavy atom. The van der Waals surface area contributed by atoms with E-state index in [1.807, 2.05) is 35.4 Å². The van der Waals surface area contributed by atoms with Gasteiger partial charge >= 0.3 is 0 Å². The fourth-order valence-corrected chi connectivity index (χ4v) is 4.78. The van der Waals surface area contributed by atoms with Crippen LogP contribution in [0, 0.1) is 0 Å². The summed E-state index contributed by atoms with van der Waals surface area (Å²) in [6.07, 6.45) is 7.98. The van der Waals surface area contributed by atoms with E-state index in [1.165, 1.54) is 11.8 Å². The fourth-order valence-electron chi connectivity index (χ4n) is 4.44. The molecule has 0 spiro atoms. The maximum absolute atomic E-state index is 13.6. The summed E-state index contributed by atoms with van der Waals surface area (Å²) in [6.45, 7) is 1.53. The van der Waals surface area contributed by atoms with Crippen molar-refractivity contribution in [3.8, 4) is 11.5 Å². The molecule has 2 aliphatic heterocycles. The molecule has 31 heavy (non-hydrogen) atoms. The molecule has 1 atom stereocenters. The van der Waals surface area contributed by atoms with E-state index in [9.17, 15) is 4.79 Å². The van der Waals surface area contributed by atoms with E-state index in [0.29, 0.717) is 35.0 Å². The molecule has 1 saturated carbocycles. The number of hydrogen-bond acceptors (Lipinski definition) is 8. The van der Waals surface area contributed by atoms with Gasteiger partial charge in [0, 0.05) is 42.5 Å². The summed E-state index contributed by atoms with van der Waals surface area (Å²) in [6, 6.07) is 8.04. The number of benzene rings is 1. The van der Waals surface area contributed by atoms with Gasteiger partial charge in [0.25, 0.3) is 5.91 Å². The minimum absolute atomic E-state index is 0.0709. The van der Waals surface area contributed by atoms with E-state index in [4.69, 9.17) is 9.40 Å². The third-order valence-electron chi connectivity index (χ3n) is 6.22. The molecule has 1 unspecified atom stereocenters. The highest BCUT2D eigenvalue weighted by atomic mass is 32.2. The quantitative estimate of drug-likeness (QED) is 0.453. The molecular formula is C22H22N6O2S. The molecular weight excluding hydrogens is 412 g/mol. The van der Waals surface area contributed by atoms with Gasteiger partial charge in [0.05, 0.1) is 0 Å². The minimum Gasteiger partial charge on any atom is -0.420 e. The summed E-state index contributed by atoms with van der Waals surface area (Å²) < 4.78 is 5.88. The number of amides is 1. The van der Waals surface area contributed by atoms with Crippen molar-refractivity contribution in [3.05, 3.63) is 41.9 Å². The number of carbonyl (C=O) groups is 1. The number of rotatable bonds is 4. The summed E-state index contributed by atoms with van der Waals surface area (Å²) >= 11 is 1.49. The Hall–Kier alpha value is -2.94. The first-order chi connectivity index (χ1) is 15.2. The normalized spacial score (nSPS) is 20.5. The van der Waals surface area contributed by atoms with Crippen LogP contribution in [0.25, 0.3) is 11.5 Å². The Balaban J connectivity index is 1.39. The highest BCUT2D eigenvalue weighted by molar-refractivity contribution is 7.98. The van der Waals surface area contributed by atoms with Crippen LogP contribution in [-0.4, -0.2) is 51.5 Å². The minimum atomic E-state index is -0.0709. The van der Waals surface area contributed by atoms with Crippen LogP contribution in [-0.2, 0) is 0 Å². The standard InChI is InChI=1S/C22H22N6O2S/c1-31-22-23-11-17-18(24-22)27-9-3-6-16(27)12-28(21(17)29)15-5-2-4-14(10-15)20-26-25-19(30-20)13-7-8-13/h2,4-5,10-11,13,16H,3,6-9,12H2,1H3. The number of carbonyl (C=O) groups excluding carboxylic acids is 1. The average Bonchev–Trinajstić information content (AvgIpc) is 3.38.